The van der Waals surface area contributed by atoms with Gasteiger partial charge in [0.2, 0.25) is 0 Å². The molecule has 2 rings (SSSR count). The zero-order chi connectivity index (χ0) is 14.5. The molecule has 0 unspecified atom stereocenters. The molecule has 2 aromatic rings. The molecule has 0 saturated heterocycles. The molecule has 0 aliphatic carbocycles. The number of ketones is 1. The second kappa shape index (κ2) is 6.48. The summed E-state index contributed by atoms with van der Waals surface area (Å²) in [6, 6.07) is 10.9. The average Bonchev–Trinajstić information content (AvgIpc) is 2.86. The Morgan fingerprint density at radius 1 is 1.20 bits per heavy atom. The molecular weight excluding hydrogens is 270 g/mol. The molecule has 1 aromatic carbocycles. The van der Waals surface area contributed by atoms with Crippen molar-refractivity contribution in [1.82, 2.24) is 5.32 Å². The van der Waals surface area contributed by atoms with Gasteiger partial charge in [0.15, 0.2) is 5.78 Å². The van der Waals surface area contributed by atoms with E-state index in [2.05, 4.69) is 5.32 Å². The van der Waals surface area contributed by atoms with Gasteiger partial charge in [-0.05, 0) is 30.9 Å². The van der Waals surface area contributed by atoms with Crippen LogP contribution in [0.1, 0.15) is 38.9 Å². The number of amides is 1. The highest BCUT2D eigenvalue weighted by Gasteiger charge is 2.16. The Labute approximate surface area is 122 Å². The van der Waals surface area contributed by atoms with Crippen molar-refractivity contribution >= 4 is 23.0 Å². The number of carbonyl (C=O) groups excluding carboxylic acids is 2. The van der Waals surface area contributed by atoms with Crippen molar-refractivity contribution < 1.29 is 9.59 Å². The molecule has 1 N–H and O–H groups in total. The van der Waals surface area contributed by atoms with E-state index in [1.54, 1.807) is 12.1 Å². The van der Waals surface area contributed by atoms with Gasteiger partial charge in [-0.15, -0.1) is 11.3 Å². The van der Waals surface area contributed by atoms with Crippen LogP contribution in [0.5, 0.6) is 0 Å². The third-order valence-electron chi connectivity index (χ3n) is 3.03. The number of hydrogen-bond acceptors (Lipinski definition) is 3. The summed E-state index contributed by atoms with van der Waals surface area (Å²) in [6.45, 7) is 3.76. The Morgan fingerprint density at radius 2 is 1.90 bits per heavy atom. The van der Waals surface area contributed by atoms with Gasteiger partial charge in [0.25, 0.3) is 5.91 Å². The fourth-order valence-corrected chi connectivity index (χ4v) is 2.79. The molecule has 0 aliphatic heterocycles. The molecule has 1 heterocycles. The summed E-state index contributed by atoms with van der Waals surface area (Å²) >= 11 is 1.42. The maximum atomic E-state index is 12.0. The number of hydrogen-bond donors (Lipinski definition) is 1. The second-order valence-electron chi connectivity index (χ2n) is 4.80. The van der Waals surface area contributed by atoms with Gasteiger partial charge in [-0.25, -0.2) is 0 Å². The molecule has 1 atom stereocenters. The van der Waals surface area contributed by atoms with E-state index >= 15 is 0 Å². The SMILES string of the molecule is Cc1ccsc1C(=O)N[C@@H](C)CC(=O)c1ccccc1. The monoisotopic (exact) mass is 287 g/mol. The Kier molecular flexibility index (Phi) is 4.69. The molecule has 104 valence electrons. The Morgan fingerprint density at radius 3 is 2.50 bits per heavy atom. The topological polar surface area (TPSA) is 46.2 Å². The lowest BCUT2D eigenvalue weighted by Gasteiger charge is -2.13. The van der Waals surface area contributed by atoms with Gasteiger partial charge < -0.3 is 5.32 Å². The smallest absolute Gasteiger partial charge is 0.261 e. The van der Waals surface area contributed by atoms with Crippen molar-refractivity contribution in [2.75, 3.05) is 0 Å². The van der Waals surface area contributed by atoms with Crippen LogP contribution in [0.15, 0.2) is 41.8 Å². The van der Waals surface area contributed by atoms with Crippen molar-refractivity contribution in [3.8, 4) is 0 Å². The third kappa shape index (κ3) is 3.54. The second-order valence-corrected chi connectivity index (χ2v) is 5.72. The number of Topliss-reactive ketones (excluding diaryl/α,β-unsaturated/α-hetero) is 1. The number of carbonyl (C=O) groups is 2. The number of rotatable bonds is 5. The van der Waals surface area contributed by atoms with E-state index in [4.69, 9.17) is 0 Å². The first-order valence-electron chi connectivity index (χ1n) is 6.51. The van der Waals surface area contributed by atoms with Gasteiger partial charge in [0.05, 0.1) is 4.88 Å². The first kappa shape index (κ1) is 14.5. The fraction of sp³-hybridized carbons (Fsp3) is 0.250. The van der Waals surface area contributed by atoms with Crippen molar-refractivity contribution in [1.29, 1.82) is 0 Å². The molecule has 0 saturated carbocycles. The van der Waals surface area contributed by atoms with E-state index in [0.29, 0.717) is 16.9 Å². The minimum Gasteiger partial charge on any atom is -0.348 e. The maximum Gasteiger partial charge on any atom is 0.261 e. The van der Waals surface area contributed by atoms with E-state index in [1.165, 1.54) is 11.3 Å². The Bertz CT molecular complexity index is 604. The molecule has 3 nitrogen and oxygen atoms in total. The average molecular weight is 287 g/mol. The van der Waals surface area contributed by atoms with Crippen LogP contribution < -0.4 is 5.32 Å². The van der Waals surface area contributed by atoms with Crippen molar-refractivity contribution in [2.45, 2.75) is 26.3 Å². The van der Waals surface area contributed by atoms with E-state index in [1.807, 2.05) is 43.5 Å². The minimum absolute atomic E-state index is 0.0429. The van der Waals surface area contributed by atoms with E-state index in [-0.39, 0.29) is 17.7 Å². The van der Waals surface area contributed by atoms with Gasteiger partial charge in [-0.1, -0.05) is 30.3 Å². The molecule has 0 bridgehead atoms. The minimum atomic E-state index is -0.184. The number of thiophene rings is 1. The van der Waals surface area contributed by atoms with Crippen molar-refractivity contribution in [3.05, 3.63) is 57.8 Å². The van der Waals surface area contributed by atoms with Crippen LogP contribution in [0.25, 0.3) is 0 Å². The summed E-state index contributed by atoms with van der Waals surface area (Å²) in [5, 5.41) is 4.77. The summed E-state index contributed by atoms with van der Waals surface area (Å²) < 4.78 is 0. The van der Waals surface area contributed by atoms with Crippen LogP contribution >= 0.6 is 11.3 Å². The van der Waals surface area contributed by atoms with Crippen LogP contribution in [0, 0.1) is 6.92 Å². The lowest BCUT2D eigenvalue weighted by molar-refractivity contribution is 0.0921. The molecule has 1 aromatic heterocycles. The summed E-state index contributed by atoms with van der Waals surface area (Å²) in [4.78, 5) is 24.8. The Hall–Kier alpha value is -1.94. The molecule has 0 spiro atoms. The zero-order valence-corrected chi connectivity index (χ0v) is 12.4. The largest absolute Gasteiger partial charge is 0.348 e. The molecule has 0 fully saturated rings. The van der Waals surface area contributed by atoms with Crippen LogP contribution in [0.3, 0.4) is 0 Å². The first-order valence-corrected chi connectivity index (χ1v) is 7.39. The predicted octanol–water partition coefficient (Wildman–Crippen LogP) is 3.45. The number of aryl methyl sites for hydroxylation is 1. The predicted molar refractivity (Wildman–Crippen MR) is 81.4 cm³/mol. The first-order chi connectivity index (χ1) is 9.58. The molecule has 4 heteroatoms. The highest BCUT2D eigenvalue weighted by Crippen LogP contribution is 2.15. The molecule has 0 aliphatic rings. The summed E-state index contributed by atoms with van der Waals surface area (Å²) in [5.74, 6) is -0.0628. The normalized spacial score (nSPS) is 11.9. The lowest BCUT2D eigenvalue weighted by Crippen LogP contribution is -2.34. The van der Waals surface area contributed by atoms with Gasteiger partial charge in [0.1, 0.15) is 0 Å². The van der Waals surface area contributed by atoms with Crippen LogP contribution in [0.2, 0.25) is 0 Å². The van der Waals surface area contributed by atoms with Gasteiger partial charge in [-0.2, -0.15) is 0 Å². The zero-order valence-electron chi connectivity index (χ0n) is 11.6. The summed E-state index contributed by atoms with van der Waals surface area (Å²) in [7, 11) is 0. The number of nitrogens with one attached hydrogen (secondary N) is 1. The third-order valence-corrected chi connectivity index (χ3v) is 4.05. The lowest BCUT2D eigenvalue weighted by atomic mass is 10.0. The standard InChI is InChI=1S/C16H17NO2S/c1-11-8-9-20-15(11)16(19)17-12(2)10-14(18)13-6-4-3-5-7-13/h3-9,12H,10H2,1-2H3,(H,17,19)/t12-/m0/s1. The highest BCUT2D eigenvalue weighted by atomic mass is 32.1. The van der Waals surface area contributed by atoms with Crippen LogP contribution in [0.4, 0.5) is 0 Å². The van der Waals surface area contributed by atoms with E-state index < -0.39 is 0 Å². The summed E-state index contributed by atoms with van der Waals surface area (Å²) in [6.07, 6.45) is 0.306. The molecule has 20 heavy (non-hydrogen) atoms. The molecule has 1 amide bonds. The molecular formula is C16H17NO2S. The summed E-state index contributed by atoms with van der Waals surface area (Å²) in [5.41, 5.74) is 1.65. The van der Waals surface area contributed by atoms with Gasteiger partial charge in [0, 0.05) is 18.0 Å². The highest BCUT2D eigenvalue weighted by molar-refractivity contribution is 7.12. The molecule has 0 radical (unpaired) electrons. The van der Waals surface area contributed by atoms with Crippen LogP contribution in [-0.4, -0.2) is 17.7 Å². The van der Waals surface area contributed by atoms with E-state index in [9.17, 15) is 9.59 Å². The van der Waals surface area contributed by atoms with Gasteiger partial charge >= 0.3 is 0 Å². The van der Waals surface area contributed by atoms with Crippen molar-refractivity contribution in [2.24, 2.45) is 0 Å². The quantitative estimate of drug-likeness (QED) is 0.856. The fourth-order valence-electron chi connectivity index (χ4n) is 1.97. The number of benzene rings is 1. The van der Waals surface area contributed by atoms with Crippen molar-refractivity contribution in [3.63, 3.8) is 0 Å². The van der Waals surface area contributed by atoms with Crippen LogP contribution in [-0.2, 0) is 0 Å². The maximum absolute atomic E-state index is 12.0. The van der Waals surface area contributed by atoms with E-state index in [0.717, 1.165) is 5.56 Å². The van der Waals surface area contributed by atoms with Gasteiger partial charge in [-0.3, -0.25) is 9.59 Å². The Balaban J connectivity index is 1.93.